The van der Waals surface area contributed by atoms with E-state index >= 15 is 0 Å². The maximum Gasteiger partial charge on any atom is 0.0824 e. The summed E-state index contributed by atoms with van der Waals surface area (Å²) in [6, 6.07) is 0. The molecule has 0 spiro atoms. The quantitative estimate of drug-likeness (QED) is 0.501. The number of hydrogen-bond acceptors (Lipinski definition) is 3. The van der Waals surface area contributed by atoms with E-state index in [-0.39, 0.29) is 16.6 Å². The largest absolute Gasteiger partial charge is 0.388 e. The van der Waals surface area contributed by atoms with Crippen LogP contribution in [0.3, 0.4) is 0 Å². The summed E-state index contributed by atoms with van der Waals surface area (Å²) >= 11 is 0. The van der Waals surface area contributed by atoms with Gasteiger partial charge in [-0.1, -0.05) is 27.2 Å². The molecule has 146 valence electrons. The number of hydrogen-bond donors (Lipinski definition) is 1. The molecular weight excluding hydrogens is 300 g/mol. The zero-order valence-corrected chi connectivity index (χ0v) is 18.1. The van der Waals surface area contributed by atoms with Crippen LogP contribution < -0.4 is 0 Å². The topological polar surface area (TPSA) is 38.7 Å². The summed E-state index contributed by atoms with van der Waals surface area (Å²) in [5.41, 5.74) is -1.02. The van der Waals surface area contributed by atoms with Crippen LogP contribution in [-0.4, -0.2) is 35.1 Å². The summed E-state index contributed by atoms with van der Waals surface area (Å²) in [4.78, 5) is 0. The molecule has 0 aliphatic carbocycles. The second-order valence-electron chi connectivity index (χ2n) is 9.86. The van der Waals surface area contributed by atoms with Gasteiger partial charge in [0.2, 0.25) is 0 Å². The first-order valence-corrected chi connectivity index (χ1v) is 9.66. The summed E-state index contributed by atoms with van der Waals surface area (Å²) < 4.78 is 12.1. The van der Waals surface area contributed by atoms with Crippen molar-refractivity contribution in [1.82, 2.24) is 0 Å². The van der Waals surface area contributed by atoms with Crippen LogP contribution in [0.5, 0.6) is 0 Å². The summed E-state index contributed by atoms with van der Waals surface area (Å²) in [5, 5.41) is 9.99. The van der Waals surface area contributed by atoms with Crippen molar-refractivity contribution in [3.8, 4) is 0 Å². The summed E-state index contributed by atoms with van der Waals surface area (Å²) in [6.45, 7) is 22.3. The molecule has 1 atom stereocenters. The molecule has 0 radical (unpaired) electrons. The Morgan fingerprint density at radius 1 is 0.833 bits per heavy atom. The molecule has 0 aromatic carbocycles. The maximum absolute atomic E-state index is 9.99. The van der Waals surface area contributed by atoms with E-state index in [0.717, 1.165) is 32.3 Å². The third kappa shape index (κ3) is 10.0. The van der Waals surface area contributed by atoms with Crippen LogP contribution in [0.25, 0.3) is 0 Å². The van der Waals surface area contributed by atoms with Gasteiger partial charge in [0.1, 0.15) is 0 Å². The Bertz CT molecular complexity index is 353. The van der Waals surface area contributed by atoms with Gasteiger partial charge in [-0.2, -0.15) is 0 Å². The molecule has 0 saturated carbocycles. The van der Waals surface area contributed by atoms with Crippen LogP contribution in [0.15, 0.2) is 0 Å². The van der Waals surface area contributed by atoms with Gasteiger partial charge in [-0.15, -0.1) is 0 Å². The molecule has 0 aliphatic heterocycles. The maximum atomic E-state index is 9.99. The molecule has 3 heteroatoms. The van der Waals surface area contributed by atoms with E-state index in [4.69, 9.17) is 9.47 Å². The van der Waals surface area contributed by atoms with E-state index in [0.29, 0.717) is 12.5 Å². The fourth-order valence-corrected chi connectivity index (χ4v) is 4.14. The number of ether oxygens (including phenoxy) is 2. The Morgan fingerprint density at radius 3 is 1.62 bits per heavy atom. The lowest BCUT2D eigenvalue weighted by Gasteiger charge is -2.45. The lowest BCUT2D eigenvalue weighted by Crippen LogP contribution is -2.43. The molecule has 0 saturated heterocycles. The van der Waals surface area contributed by atoms with Crippen molar-refractivity contribution in [3.05, 3.63) is 0 Å². The minimum Gasteiger partial charge on any atom is -0.388 e. The van der Waals surface area contributed by atoms with Gasteiger partial charge in [0.25, 0.3) is 0 Å². The van der Waals surface area contributed by atoms with E-state index in [2.05, 4.69) is 55.4 Å². The fourth-order valence-electron chi connectivity index (χ4n) is 4.14. The average molecular weight is 345 g/mol. The lowest BCUT2D eigenvalue weighted by molar-refractivity contribution is -0.123. The molecular formula is C21H44O3. The summed E-state index contributed by atoms with van der Waals surface area (Å²) in [5.74, 6) is 0.632. The van der Waals surface area contributed by atoms with Gasteiger partial charge in [-0.25, -0.2) is 0 Å². The van der Waals surface area contributed by atoms with Crippen molar-refractivity contribution >= 4 is 0 Å². The Balaban J connectivity index is 5.31. The zero-order chi connectivity index (χ0) is 19.2. The van der Waals surface area contributed by atoms with Crippen molar-refractivity contribution in [2.24, 2.45) is 11.3 Å². The number of rotatable bonds is 12. The van der Waals surface area contributed by atoms with Gasteiger partial charge in [0.05, 0.1) is 23.4 Å². The zero-order valence-electron chi connectivity index (χ0n) is 18.1. The first-order chi connectivity index (χ1) is 10.7. The molecule has 0 aromatic heterocycles. The molecule has 1 N–H and O–H groups in total. The van der Waals surface area contributed by atoms with Crippen LogP contribution in [0.2, 0.25) is 0 Å². The Morgan fingerprint density at radius 2 is 1.29 bits per heavy atom. The van der Waals surface area contributed by atoms with Gasteiger partial charge < -0.3 is 14.6 Å². The normalized spacial score (nSPS) is 16.5. The Labute approximate surface area is 151 Å². The first-order valence-electron chi connectivity index (χ1n) is 9.66. The molecule has 1 unspecified atom stereocenters. The number of aliphatic hydroxyl groups is 1. The first kappa shape index (κ1) is 23.9. The highest BCUT2D eigenvalue weighted by Crippen LogP contribution is 2.46. The Kier molecular flexibility index (Phi) is 8.96. The van der Waals surface area contributed by atoms with E-state index < -0.39 is 5.60 Å². The highest BCUT2D eigenvalue weighted by molar-refractivity contribution is 4.92. The SMILES string of the molecule is CCOC(C)(C)CC(CC)(CC(C)C)CC(C)(C)OCC(C)(C)O. The van der Waals surface area contributed by atoms with Crippen molar-refractivity contribution < 1.29 is 14.6 Å². The van der Waals surface area contributed by atoms with Gasteiger partial charge in [0, 0.05) is 6.61 Å². The highest BCUT2D eigenvalue weighted by atomic mass is 16.5. The summed E-state index contributed by atoms with van der Waals surface area (Å²) in [7, 11) is 0. The van der Waals surface area contributed by atoms with E-state index in [1.807, 2.05) is 0 Å². The van der Waals surface area contributed by atoms with Crippen LogP contribution in [0.4, 0.5) is 0 Å². The van der Waals surface area contributed by atoms with Gasteiger partial charge >= 0.3 is 0 Å². The smallest absolute Gasteiger partial charge is 0.0824 e. The standard InChI is InChI=1S/C21H44O3/c1-11-21(13-17(3)4,14-19(7,8)23-12-2)15-20(9,10)24-16-18(5,6)22/h17,22H,11-16H2,1-10H3. The molecule has 0 amide bonds. The van der Waals surface area contributed by atoms with Crippen LogP contribution in [0.1, 0.15) is 94.9 Å². The average Bonchev–Trinajstić information content (AvgIpc) is 2.33. The lowest BCUT2D eigenvalue weighted by atomic mass is 9.66. The van der Waals surface area contributed by atoms with Crippen molar-refractivity contribution in [3.63, 3.8) is 0 Å². The fraction of sp³-hybridized carbons (Fsp3) is 1.00. The van der Waals surface area contributed by atoms with Crippen molar-refractivity contribution in [2.45, 2.75) is 112 Å². The summed E-state index contributed by atoms with van der Waals surface area (Å²) in [6.07, 6.45) is 4.27. The van der Waals surface area contributed by atoms with Crippen LogP contribution in [0, 0.1) is 11.3 Å². The third-order valence-corrected chi connectivity index (χ3v) is 4.54. The molecule has 0 aromatic rings. The minimum absolute atomic E-state index is 0.133. The van der Waals surface area contributed by atoms with Crippen LogP contribution >= 0.6 is 0 Å². The molecule has 0 bridgehead atoms. The predicted molar refractivity (Wildman–Crippen MR) is 103 cm³/mol. The molecule has 0 rings (SSSR count). The molecule has 0 aliphatic rings. The van der Waals surface area contributed by atoms with E-state index in [9.17, 15) is 5.11 Å². The Hall–Kier alpha value is -0.120. The monoisotopic (exact) mass is 344 g/mol. The minimum atomic E-state index is -0.797. The second kappa shape index (κ2) is 9.00. The molecule has 24 heavy (non-hydrogen) atoms. The third-order valence-electron chi connectivity index (χ3n) is 4.54. The highest BCUT2D eigenvalue weighted by Gasteiger charge is 2.41. The van der Waals surface area contributed by atoms with E-state index in [1.54, 1.807) is 13.8 Å². The van der Waals surface area contributed by atoms with Crippen molar-refractivity contribution in [1.29, 1.82) is 0 Å². The molecule has 0 heterocycles. The molecule has 3 nitrogen and oxygen atoms in total. The van der Waals surface area contributed by atoms with Gasteiger partial charge in [-0.05, 0) is 79.1 Å². The van der Waals surface area contributed by atoms with Crippen LogP contribution in [-0.2, 0) is 9.47 Å². The van der Waals surface area contributed by atoms with Gasteiger partial charge in [-0.3, -0.25) is 0 Å². The van der Waals surface area contributed by atoms with Crippen molar-refractivity contribution in [2.75, 3.05) is 13.2 Å². The molecule has 0 fully saturated rings. The van der Waals surface area contributed by atoms with E-state index in [1.165, 1.54) is 0 Å². The second-order valence-corrected chi connectivity index (χ2v) is 9.86. The predicted octanol–water partition coefficient (Wildman–Crippen LogP) is 5.59. The van der Waals surface area contributed by atoms with Gasteiger partial charge in [0.15, 0.2) is 0 Å².